The first-order valence-corrected chi connectivity index (χ1v) is 9.20. The molecule has 3 rings (SSSR count). The van der Waals surface area contributed by atoms with Crippen molar-refractivity contribution in [3.63, 3.8) is 0 Å². The predicted octanol–water partition coefficient (Wildman–Crippen LogP) is 2.74. The fourth-order valence-corrected chi connectivity index (χ4v) is 4.03. The summed E-state index contributed by atoms with van der Waals surface area (Å²) < 4.78 is 1.95. The number of hydrogen-bond acceptors (Lipinski definition) is 6. The van der Waals surface area contributed by atoms with Crippen molar-refractivity contribution in [2.24, 2.45) is 5.73 Å². The summed E-state index contributed by atoms with van der Waals surface area (Å²) in [6, 6.07) is 5.30. The van der Waals surface area contributed by atoms with Gasteiger partial charge in [-0.3, -0.25) is 5.41 Å². The highest BCUT2D eigenvalue weighted by molar-refractivity contribution is 7.99. The van der Waals surface area contributed by atoms with Crippen molar-refractivity contribution >= 4 is 57.9 Å². The van der Waals surface area contributed by atoms with Crippen LogP contribution < -0.4 is 16.8 Å². The minimum absolute atomic E-state index is 0.0600. The van der Waals surface area contributed by atoms with Gasteiger partial charge in [0.15, 0.2) is 28.1 Å². The Morgan fingerprint density at radius 1 is 1.23 bits per heavy atom. The highest BCUT2D eigenvalue weighted by Crippen LogP contribution is 2.33. The lowest BCUT2D eigenvalue weighted by Crippen LogP contribution is -2.31. The topological polar surface area (TPSA) is 132 Å². The smallest absolute Gasteiger partial charge is 0.185 e. The predicted molar refractivity (Wildman–Crippen MR) is 105 cm³/mol. The van der Waals surface area contributed by atoms with Gasteiger partial charge >= 0.3 is 0 Å². The molecule has 2 heterocycles. The molecule has 0 atom stereocenters. The fraction of sp³-hybridized carbons (Fsp3) is 0.200. The Hall–Kier alpha value is -2.23. The lowest BCUT2D eigenvalue weighted by molar-refractivity contribution is 0.597. The molecule has 0 radical (unpaired) electrons. The Labute approximate surface area is 163 Å². The number of nitrogens with two attached hydrogens (primary N) is 2. The van der Waals surface area contributed by atoms with Gasteiger partial charge < -0.3 is 21.4 Å². The number of nitrogen functional groups attached to an aromatic ring is 1. The number of fused-ring (bicyclic) bond motifs is 1. The van der Waals surface area contributed by atoms with E-state index in [1.165, 1.54) is 18.1 Å². The number of rotatable bonds is 6. The molecular weight excluding hydrogens is 395 g/mol. The van der Waals surface area contributed by atoms with Crippen molar-refractivity contribution in [3.05, 3.63) is 34.6 Å². The molecule has 0 spiro atoms. The van der Waals surface area contributed by atoms with E-state index in [0.717, 1.165) is 11.3 Å². The molecule has 11 heteroatoms. The second kappa shape index (κ2) is 7.98. The molecule has 1 aromatic carbocycles. The van der Waals surface area contributed by atoms with Gasteiger partial charge in [0.25, 0.3) is 0 Å². The summed E-state index contributed by atoms with van der Waals surface area (Å²) in [5.41, 5.74) is 12.4. The van der Waals surface area contributed by atoms with E-state index in [2.05, 4.69) is 20.3 Å². The minimum atomic E-state index is -0.0600. The zero-order valence-electron chi connectivity index (χ0n) is 13.5. The fourth-order valence-electron chi connectivity index (χ4n) is 2.37. The number of imidazole rings is 1. The van der Waals surface area contributed by atoms with Crippen molar-refractivity contribution < 1.29 is 0 Å². The number of nitrogens with one attached hydrogen (secondary N) is 2. The van der Waals surface area contributed by atoms with Crippen LogP contribution in [-0.2, 0) is 6.54 Å². The van der Waals surface area contributed by atoms with E-state index in [-0.39, 0.29) is 5.96 Å². The third kappa shape index (κ3) is 4.29. The van der Waals surface area contributed by atoms with Crippen molar-refractivity contribution in [3.8, 4) is 0 Å². The molecule has 3 aromatic rings. The molecular formula is C15H16Cl2N8S. The van der Waals surface area contributed by atoms with E-state index in [9.17, 15) is 0 Å². The number of halogens is 2. The number of hydrogen-bond donors (Lipinski definition) is 4. The number of nitrogens with zero attached hydrogens (tertiary/aromatic N) is 4. The second-order valence-corrected chi connectivity index (χ2v) is 7.29. The van der Waals surface area contributed by atoms with Crippen LogP contribution in [0.5, 0.6) is 0 Å². The molecule has 0 saturated heterocycles. The van der Waals surface area contributed by atoms with Crippen molar-refractivity contribution in [2.45, 2.75) is 23.0 Å². The van der Waals surface area contributed by atoms with Gasteiger partial charge in [-0.05, 0) is 24.6 Å². The number of benzene rings is 1. The van der Waals surface area contributed by atoms with E-state index in [4.69, 9.17) is 40.1 Å². The molecule has 0 aliphatic rings. The normalized spacial score (nSPS) is 11.0. The highest BCUT2D eigenvalue weighted by atomic mass is 35.5. The summed E-state index contributed by atoms with van der Waals surface area (Å²) in [5.74, 6) is 0.261. The van der Waals surface area contributed by atoms with Crippen molar-refractivity contribution in [1.82, 2.24) is 24.8 Å². The molecule has 0 amide bonds. The number of aromatic nitrogens is 4. The van der Waals surface area contributed by atoms with Crippen LogP contribution >= 0.6 is 35.0 Å². The Bertz CT molecular complexity index is 938. The molecule has 0 fully saturated rings. The maximum absolute atomic E-state index is 7.22. The van der Waals surface area contributed by atoms with Gasteiger partial charge in [0, 0.05) is 28.0 Å². The molecule has 0 unspecified atom stereocenters. The summed E-state index contributed by atoms with van der Waals surface area (Å²) in [6.07, 6.45) is 2.13. The zero-order valence-corrected chi connectivity index (χ0v) is 15.9. The molecule has 8 nitrogen and oxygen atoms in total. The van der Waals surface area contributed by atoms with Crippen LogP contribution in [0.4, 0.5) is 5.82 Å². The molecule has 26 heavy (non-hydrogen) atoms. The van der Waals surface area contributed by atoms with E-state index < -0.39 is 0 Å². The quantitative estimate of drug-likeness (QED) is 0.279. The second-order valence-electron chi connectivity index (χ2n) is 5.38. The summed E-state index contributed by atoms with van der Waals surface area (Å²) in [4.78, 5) is 13.7. The molecule has 0 aliphatic carbocycles. The lowest BCUT2D eigenvalue weighted by Gasteiger charge is -2.09. The average molecular weight is 411 g/mol. The standard InChI is InChI=1S/C15H16Cl2N8S/c16-8-4-9(17)6-10(5-8)26-15-24-11-12(18)22-7-23-13(11)25(15)3-1-2-21-14(19)20/h4-7H,1-3H2,(H2,18,22,23)(H4,19,20,21). The lowest BCUT2D eigenvalue weighted by atomic mass is 10.4. The first kappa shape index (κ1) is 18.6. The van der Waals surface area contributed by atoms with Crippen LogP contribution in [0.2, 0.25) is 10.0 Å². The third-order valence-electron chi connectivity index (χ3n) is 3.44. The molecule has 2 aromatic heterocycles. The van der Waals surface area contributed by atoms with Crippen LogP contribution in [0, 0.1) is 5.41 Å². The van der Waals surface area contributed by atoms with E-state index in [0.29, 0.717) is 45.3 Å². The maximum atomic E-state index is 7.22. The van der Waals surface area contributed by atoms with Gasteiger partial charge in [-0.1, -0.05) is 35.0 Å². The van der Waals surface area contributed by atoms with Crippen LogP contribution in [-0.4, -0.2) is 32.0 Å². The van der Waals surface area contributed by atoms with Gasteiger partial charge in [-0.25, -0.2) is 15.0 Å². The van der Waals surface area contributed by atoms with Gasteiger partial charge in [0.1, 0.15) is 6.33 Å². The van der Waals surface area contributed by atoms with Crippen LogP contribution in [0.3, 0.4) is 0 Å². The Morgan fingerprint density at radius 3 is 2.65 bits per heavy atom. The summed E-state index contributed by atoms with van der Waals surface area (Å²) in [6.45, 7) is 1.17. The number of anilines is 1. The van der Waals surface area contributed by atoms with Gasteiger partial charge in [0.05, 0.1) is 0 Å². The highest BCUT2D eigenvalue weighted by Gasteiger charge is 2.16. The van der Waals surface area contributed by atoms with Crippen molar-refractivity contribution in [2.75, 3.05) is 12.3 Å². The SMILES string of the molecule is N=C(N)NCCCn1c(Sc2cc(Cl)cc(Cl)c2)nc2c(N)ncnc21. The molecule has 0 saturated carbocycles. The monoisotopic (exact) mass is 410 g/mol. The summed E-state index contributed by atoms with van der Waals surface area (Å²) in [5, 5.41) is 11.8. The third-order valence-corrected chi connectivity index (χ3v) is 4.85. The van der Waals surface area contributed by atoms with Crippen LogP contribution in [0.1, 0.15) is 6.42 Å². The van der Waals surface area contributed by atoms with E-state index in [1.54, 1.807) is 6.07 Å². The Morgan fingerprint density at radius 2 is 1.96 bits per heavy atom. The largest absolute Gasteiger partial charge is 0.382 e. The van der Waals surface area contributed by atoms with E-state index >= 15 is 0 Å². The zero-order chi connectivity index (χ0) is 18.7. The van der Waals surface area contributed by atoms with Crippen LogP contribution in [0.25, 0.3) is 11.2 Å². The first-order valence-electron chi connectivity index (χ1n) is 7.62. The van der Waals surface area contributed by atoms with Gasteiger partial charge in [0.2, 0.25) is 0 Å². The van der Waals surface area contributed by atoms with Crippen LogP contribution in [0.15, 0.2) is 34.6 Å². The summed E-state index contributed by atoms with van der Waals surface area (Å²) in [7, 11) is 0. The first-order chi connectivity index (χ1) is 12.4. The Kier molecular flexibility index (Phi) is 5.70. The average Bonchev–Trinajstić information content (AvgIpc) is 2.89. The minimum Gasteiger partial charge on any atom is -0.382 e. The molecule has 0 bridgehead atoms. The van der Waals surface area contributed by atoms with Gasteiger partial charge in [-0.15, -0.1) is 0 Å². The van der Waals surface area contributed by atoms with E-state index in [1.807, 2.05) is 16.7 Å². The molecule has 136 valence electrons. The number of aryl methyl sites for hydroxylation is 1. The molecule has 6 N–H and O–H groups in total. The summed E-state index contributed by atoms with van der Waals surface area (Å²) >= 11 is 13.6. The molecule has 0 aliphatic heterocycles. The Balaban J connectivity index is 1.93. The van der Waals surface area contributed by atoms with Crippen molar-refractivity contribution in [1.29, 1.82) is 5.41 Å². The number of guanidine groups is 1. The maximum Gasteiger partial charge on any atom is 0.185 e. The van der Waals surface area contributed by atoms with Gasteiger partial charge in [-0.2, -0.15) is 0 Å².